The molecule has 4 aromatic rings. The third-order valence-corrected chi connectivity index (χ3v) is 7.07. The minimum absolute atomic E-state index is 0.0288. The normalized spacial score (nSPS) is 11.7. The standard InChI is InChI=1S/C17H17F3O4S.C12H10S/c1-16(2,3)23-13-6-8-14(9-7-13)24-25(21,22)15-10-4-12(5-11-15)17(18,19)20;1-3-7-11(8-4-1)13-12-9-5-2-6-10-12/h4-11H,1-3H3;1-10H/p+1. The molecular formula is C29H28F3O4S2+. The monoisotopic (exact) mass is 561 g/mol. The average molecular weight is 562 g/mol. The number of benzene rings is 4. The Labute approximate surface area is 225 Å². The quantitative estimate of drug-likeness (QED) is 0.138. The average Bonchev–Trinajstić information content (AvgIpc) is 2.85. The van der Waals surface area contributed by atoms with E-state index < -0.39 is 27.5 Å². The molecule has 200 valence electrons. The minimum Gasteiger partial charge on any atom is -0.488 e. The molecular weight excluding hydrogens is 533 g/mol. The van der Waals surface area contributed by atoms with E-state index in [0.717, 1.165) is 12.1 Å². The van der Waals surface area contributed by atoms with Gasteiger partial charge in [-0.3, -0.25) is 0 Å². The number of ether oxygens (including phenoxy) is 1. The van der Waals surface area contributed by atoms with Crippen molar-refractivity contribution >= 4 is 21.9 Å². The largest absolute Gasteiger partial charge is 0.488 e. The van der Waals surface area contributed by atoms with E-state index in [2.05, 4.69) is 48.5 Å². The van der Waals surface area contributed by atoms with Crippen LogP contribution in [0.15, 0.2) is 124 Å². The summed E-state index contributed by atoms with van der Waals surface area (Å²) < 4.78 is 72.4. The van der Waals surface area contributed by atoms with Crippen molar-refractivity contribution in [1.82, 2.24) is 0 Å². The highest BCUT2D eigenvalue weighted by Crippen LogP contribution is 2.30. The molecule has 0 fully saturated rings. The molecule has 4 aromatic carbocycles. The van der Waals surface area contributed by atoms with Gasteiger partial charge in [-0.15, -0.1) is 0 Å². The number of hydrogen-bond donors (Lipinski definition) is 0. The first-order chi connectivity index (χ1) is 17.8. The fraction of sp³-hybridized carbons (Fsp3) is 0.172. The van der Waals surface area contributed by atoms with Gasteiger partial charge in [0.05, 0.1) is 5.56 Å². The van der Waals surface area contributed by atoms with Gasteiger partial charge in [-0.1, -0.05) is 36.4 Å². The van der Waals surface area contributed by atoms with Gasteiger partial charge in [-0.2, -0.15) is 21.6 Å². The lowest BCUT2D eigenvalue weighted by Crippen LogP contribution is -2.22. The number of hydrogen-bond acceptors (Lipinski definition) is 4. The molecule has 0 aliphatic carbocycles. The van der Waals surface area contributed by atoms with Gasteiger partial charge in [-0.25, -0.2) is 0 Å². The molecule has 0 aromatic heterocycles. The van der Waals surface area contributed by atoms with Crippen LogP contribution < -0.4 is 8.92 Å². The van der Waals surface area contributed by atoms with Crippen molar-refractivity contribution in [1.29, 1.82) is 0 Å². The maximum atomic E-state index is 12.5. The predicted octanol–water partition coefficient (Wildman–Crippen LogP) is 7.57. The molecule has 9 heteroatoms. The molecule has 0 N–H and O–H groups in total. The van der Waals surface area contributed by atoms with Crippen LogP contribution in [0.1, 0.15) is 26.3 Å². The van der Waals surface area contributed by atoms with E-state index >= 15 is 0 Å². The molecule has 0 bridgehead atoms. The number of thiol groups is 1. The smallest absolute Gasteiger partial charge is 0.416 e. The summed E-state index contributed by atoms with van der Waals surface area (Å²) in [6, 6.07) is 30.0. The van der Waals surface area contributed by atoms with E-state index in [1.54, 1.807) is 12.1 Å². The Kier molecular flexibility index (Phi) is 9.51. The maximum Gasteiger partial charge on any atom is 0.416 e. The van der Waals surface area contributed by atoms with E-state index in [-0.39, 0.29) is 10.6 Å². The first-order valence-electron chi connectivity index (χ1n) is 11.5. The zero-order valence-electron chi connectivity index (χ0n) is 21.0. The summed E-state index contributed by atoms with van der Waals surface area (Å²) >= 11 is 1.28. The molecule has 0 saturated carbocycles. The van der Waals surface area contributed by atoms with Gasteiger partial charge < -0.3 is 8.92 Å². The van der Waals surface area contributed by atoms with Gasteiger partial charge in [0.1, 0.15) is 22.0 Å². The summed E-state index contributed by atoms with van der Waals surface area (Å²) in [5.74, 6) is 0.563. The van der Waals surface area contributed by atoms with Gasteiger partial charge in [0.2, 0.25) is 0 Å². The van der Waals surface area contributed by atoms with Crippen molar-refractivity contribution in [3.8, 4) is 11.5 Å². The van der Waals surface area contributed by atoms with Gasteiger partial charge in [0.25, 0.3) is 0 Å². The zero-order valence-corrected chi connectivity index (χ0v) is 22.7. The number of halogens is 3. The second kappa shape index (κ2) is 12.4. The van der Waals surface area contributed by atoms with E-state index in [1.165, 1.54) is 33.7 Å². The van der Waals surface area contributed by atoms with Crippen LogP contribution in [0.4, 0.5) is 13.2 Å². The summed E-state index contributed by atoms with van der Waals surface area (Å²) in [7, 11) is -4.23. The Bertz CT molecular complexity index is 1350. The van der Waals surface area contributed by atoms with Crippen LogP contribution in [0.5, 0.6) is 11.5 Å². The molecule has 0 radical (unpaired) electrons. The summed E-state index contributed by atoms with van der Waals surface area (Å²) in [5.41, 5.74) is -1.34. The Morgan fingerprint density at radius 3 is 1.50 bits per heavy atom. The third-order valence-electron chi connectivity index (χ3n) is 4.69. The predicted molar refractivity (Wildman–Crippen MR) is 144 cm³/mol. The molecule has 0 aliphatic rings. The van der Waals surface area contributed by atoms with Crippen LogP contribution in [-0.4, -0.2) is 14.0 Å². The highest BCUT2D eigenvalue weighted by atomic mass is 32.2. The Morgan fingerprint density at radius 1 is 0.632 bits per heavy atom. The Morgan fingerprint density at radius 2 is 1.08 bits per heavy atom. The first kappa shape index (κ1) is 29.1. The highest BCUT2D eigenvalue weighted by Gasteiger charge is 2.31. The van der Waals surface area contributed by atoms with Crippen molar-refractivity contribution in [2.75, 3.05) is 0 Å². The number of rotatable bonds is 6. The minimum atomic E-state index is -4.54. The zero-order chi connectivity index (χ0) is 27.8. The maximum absolute atomic E-state index is 12.5. The van der Waals surface area contributed by atoms with E-state index in [9.17, 15) is 21.6 Å². The van der Waals surface area contributed by atoms with Crippen molar-refractivity contribution in [2.24, 2.45) is 0 Å². The first-order valence-corrected chi connectivity index (χ1v) is 13.8. The van der Waals surface area contributed by atoms with Gasteiger partial charge in [-0.05, 0) is 93.6 Å². The Hall–Kier alpha value is -3.43. The fourth-order valence-corrected chi connectivity index (χ4v) is 4.93. The van der Waals surface area contributed by atoms with Crippen LogP contribution in [0.3, 0.4) is 0 Å². The molecule has 4 rings (SSSR count). The summed E-state index contributed by atoms with van der Waals surface area (Å²) in [4.78, 5) is 2.32. The molecule has 0 atom stereocenters. The van der Waals surface area contributed by atoms with Crippen molar-refractivity contribution in [2.45, 2.75) is 47.2 Å². The lowest BCUT2D eigenvalue weighted by Gasteiger charge is -2.21. The van der Waals surface area contributed by atoms with Crippen LogP contribution in [0.2, 0.25) is 0 Å². The summed E-state index contributed by atoms with van der Waals surface area (Å²) in [5, 5.41) is 0. The molecule has 0 saturated heterocycles. The molecule has 0 spiro atoms. The second-order valence-corrected chi connectivity index (χ2v) is 11.8. The fourth-order valence-electron chi connectivity index (χ4n) is 3.06. The number of alkyl halides is 3. The van der Waals surface area contributed by atoms with Gasteiger partial charge >= 0.3 is 16.3 Å². The molecule has 0 unspecified atom stereocenters. The SMILES string of the molecule is CC(C)(C)Oc1ccc(OS(=O)(=O)c2ccc(C(F)(F)F)cc2)cc1.c1ccc([SH+]c2ccccc2)cc1. The lowest BCUT2D eigenvalue weighted by molar-refractivity contribution is -0.137. The van der Waals surface area contributed by atoms with Crippen molar-refractivity contribution in [3.63, 3.8) is 0 Å². The lowest BCUT2D eigenvalue weighted by atomic mass is 10.2. The van der Waals surface area contributed by atoms with Gasteiger partial charge in [0, 0.05) is 11.8 Å². The van der Waals surface area contributed by atoms with Crippen molar-refractivity contribution < 1.29 is 30.5 Å². The molecule has 0 heterocycles. The van der Waals surface area contributed by atoms with Crippen LogP contribution >= 0.6 is 0 Å². The topological polar surface area (TPSA) is 52.6 Å². The summed E-state index contributed by atoms with van der Waals surface area (Å²) in [6.07, 6.45) is -4.54. The molecule has 0 aliphatic heterocycles. The molecule has 0 amide bonds. The Balaban J connectivity index is 0.000000256. The molecule has 4 nitrogen and oxygen atoms in total. The molecule has 38 heavy (non-hydrogen) atoms. The summed E-state index contributed by atoms with van der Waals surface area (Å²) in [6.45, 7) is 5.60. The highest BCUT2D eigenvalue weighted by molar-refractivity contribution is 7.87. The third kappa shape index (κ3) is 9.46. The van der Waals surface area contributed by atoms with E-state index in [1.807, 2.05) is 32.9 Å². The van der Waals surface area contributed by atoms with Crippen molar-refractivity contribution in [3.05, 3.63) is 115 Å². The van der Waals surface area contributed by atoms with Gasteiger partial charge in [0.15, 0.2) is 9.79 Å². The van der Waals surface area contributed by atoms with Crippen LogP contribution in [0, 0.1) is 0 Å². The van der Waals surface area contributed by atoms with E-state index in [4.69, 9.17) is 8.92 Å². The second-order valence-electron chi connectivity index (χ2n) is 9.03. The van der Waals surface area contributed by atoms with E-state index in [0.29, 0.717) is 17.9 Å². The van der Waals surface area contributed by atoms with Crippen LogP contribution in [0.25, 0.3) is 0 Å². The van der Waals surface area contributed by atoms with Crippen LogP contribution in [-0.2, 0) is 28.1 Å².